The Hall–Kier alpha value is -4.56. The fourth-order valence-corrected chi connectivity index (χ4v) is 8.69. The van der Waals surface area contributed by atoms with Crippen molar-refractivity contribution in [3.63, 3.8) is 0 Å². The van der Waals surface area contributed by atoms with Gasteiger partial charge in [-0.25, -0.2) is 4.79 Å². The summed E-state index contributed by atoms with van der Waals surface area (Å²) in [5, 5.41) is 60.0. The molecule has 0 bridgehead atoms. The summed E-state index contributed by atoms with van der Waals surface area (Å²) in [4.78, 5) is 77.8. The van der Waals surface area contributed by atoms with Crippen molar-refractivity contribution in [2.24, 2.45) is 5.73 Å². The molecule has 0 aromatic heterocycles. The third-order valence-corrected chi connectivity index (χ3v) is 11.5. The minimum atomic E-state index is -1.68. The van der Waals surface area contributed by atoms with Crippen LogP contribution in [-0.2, 0) is 28.8 Å². The van der Waals surface area contributed by atoms with Crippen LogP contribution in [0.4, 0.5) is 0 Å². The van der Waals surface area contributed by atoms with Crippen molar-refractivity contribution in [1.82, 2.24) is 26.6 Å². The first-order chi connectivity index (χ1) is 23.7. The van der Waals surface area contributed by atoms with Crippen LogP contribution >= 0.6 is 23.5 Å². The zero-order valence-electron chi connectivity index (χ0n) is 27.8. The Morgan fingerprint density at radius 1 is 0.647 bits per heavy atom. The highest BCUT2D eigenvalue weighted by molar-refractivity contribution is 8.01. The van der Waals surface area contributed by atoms with Crippen LogP contribution in [0, 0.1) is 0 Å². The van der Waals surface area contributed by atoms with E-state index in [4.69, 9.17) is 5.73 Å². The fraction of sp³-hybridized carbons (Fsp3) is 0.438. The summed E-state index contributed by atoms with van der Waals surface area (Å²) in [7, 11) is 0. The Labute approximate surface area is 300 Å². The van der Waals surface area contributed by atoms with Crippen molar-refractivity contribution in [1.29, 1.82) is 0 Å². The van der Waals surface area contributed by atoms with E-state index in [1.807, 2.05) is 0 Å². The molecule has 8 unspecified atom stereocenters. The molecule has 0 spiro atoms. The molecule has 2 aliphatic heterocycles. The highest BCUT2D eigenvalue weighted by Crippen LogP contribution is 2.40. The van der Waals surface area contributed by atoms with Crippen LogP contribution in [0.5, 0.6) is 11.5 Å². The monoisotopic (exact) mass is 748 g/mol. The van der Waals surface area contributed by atoms with E-state index >= 15 is 0 Å². The van der Waals surface area contributed by atoms with E-state index in [0.717, 1.165) is 23.5 Å². The average molecular weight is 749 g/mol. The van der Waals surface area contributed by atoms with Gasteiger partial charge in [-0.2, -0.15) is 0 Å². The van der Waals surface area contributed by atoms with Crippen LogP contribution in [0.15, 0.2) is 48.5 Å². The number of thioether (sulfide) groups is 2. The van der Waals surface area contributed by atoms with Gasteiger partial charge in [-0.15, -0.1) is 23.5 Å². The second-order valence-corrected chi connectivity index (χ2v) is 16.7. The van der Waals surface area contributed by atoms with E-state index in [1.54, 1.807) is 27.7 Å². The second-order valence-electron chi connectivity index (χ2n) is 13.1. The molecule has 2 aromatic rings. The van der Waals surface area contributed by atoms with Crippen molar-refractivity contribution in [3.8, 4) is 11.5 Å². The molecule has 2 aliphatic rings. The number of carbonyl (C=O) groups excluding carboxylic acids is 3. The molecule has 2 fully saturated rings. The number of nitrogens with two attached hydrogens (primary N) is 1. The van der Waals surface area contributed by atoms with Gasteiger partial charge in [0.2, 0.25) is 17.7 Å². The van der Waals surface area contributed by atoms with Gasteiger partial charge in [0.15, 0.2) is 6.04 Å². The van der Waals surface area contributed by atoms with Crippen LogP contribution in [0.1, 0.15) is 50.9 Å². The van der Waals surface area contributed by atoms with Gasteiger partial charge in [0.25, 0.3) is 0 Å². The zero-order chi connectivity index (χ0) is 38.0. The predicted octanol–water partition coefficient (Wildman–Crippen LogP) is -0.202. The van der Waals surface area contributed by atoms with Crippen molar-refractivity contribution >= 4 is 59.2 Å². The standard InChI is InChI=1S/C32H40N6O11S2/c1-31(2)21(29(46)47)37-26(50-31)19(35-23(41)17(33)13-5-9-15(39)10-6-13)25(43)34-18(14-7-11-16(40)12-8-14)24(42)36-20(28(44)45)27-38-22(30(48)49)32(3,4)51-27/h5-12,17-22,26-27,37-40H,33H2,1-4H3,(H,34,43)(H,35,41)(H,36,42)(H,44,45)(H,46,47)(H,48,49). The Balaban J connectivity index is 1.66. The summed E-state index contributed by atoms with van der Waals surface area (Å²) >= 11 is 2.05. The summed E-state index contributed by atoms with van der Waals surface area (Å²) in [6.07, 6.45) is 0. The number of amides is 3. The maximum Gasteiger partial charge on any atom is 0.328 e. The molecule has 0 aliphatic carbocycles. The second kappa shape index (κ2) is 15.4. The Morgan fingerprint density at radius 3 is 1.47 bits per heavy atom. The Morgan fingerprint density at radius 2 is 1.06 bits per heavy atom. The number of hydrogen-bond donors (Lipinski definition) is 11. The topological polar surface area (TPSA) is 290 Å². The lowest BCUT2D eigenvalue weighted by Gasteiger charge is -2.29. The molecule has 2 heterocycles. The van der Waals surface area contributed by atoms with Gasteiger partial charge in [0.1, 0.15) is 41.7 Å². The fourth-order valence-electron chi connectivity index (χ4n) is 5.71. The lowest BCUT2D eigenvalue weighted by atomic mass is 10.0. The lowest BCUT2D eigenvalue weighted by molar-refractivity contribution is -0.143. The molecule has 0 saturated carbocycles. The van der Waals surface area contributed by atoms with Gasteiger partial charge in [-0.05, 0) is 63.1 Å². The Bertz CT molecular complexity index is 1670. The highest BCUT2D eigenvalue weighted by Gasteiger charge is 2.51. The van der Waals surface area contributed by atoms with Gasteiger partial charge in [-0.1, -0.05) is 24.3 Å². The number of nitrogens with one attached hydrogen (secondary N) is 5. The van der Waals surface area contributed by atoms with Gasteiger partial charge in [0.05, 0.1) is 10.7 Å². The highest BCUT2D eigenvalue weighted by atomic mass is 32.2. The van der Waals surface area contributed by atoms with Crippen LogP contribution < -0.4 is 32.3 Å². The lowest BCUT2D eigenvalue weighted by Crippen LogP contribution is -2.60. The first-order valence-electron chi connectivity index (χ1n) is 15.5. The molecule has 12 N–H and O–H groups in total. The third kappa shape index (κ3) is 9.03. The van der Waals surface area contributed by atoms with Crippen LogP contribution in [-0.4, -0.2) is 106 Å². The van der Waals surface area contributed by atoms with Crippen molar-refractivity contribution in [3.05, 3.63) is 59.7 Å². The molecule has 0 radical (unpaired) electrons. The number of carbonyl (C=O) groups is 6. The number of carboxylic acid groups (broad SMARTS) is 3. The maximum absolute atomic E-state index is 14.2. The first-order valence-corrected chi connectivity index (χ1v) is 17.3. The first kappa shape index (κ1) is 39.2. The number of rotatable bonds is 13. The smallest absolute Gasteiger partial charge is 0.328 e. The number of hydrogen-bond acceptors (Lipinski definition) is 13. The molecule has 3 amide bonds. The van der Waals surface area contributed by atoms with Gasteiger partial charge < -0.3 is 47.2 Å². The minimum absolute atomic E-state index is 0.0754. The zero-order valence-corrected chi connectivity index (χ0v) is 29.5. The normalized spacial score (nSPS) is 24.3. The van der Waals surface area contributed by atoms with E-state index in [9.17, 15) is 54.3 Å². The van der Waals surface area contributed by atoms with Gasteiger partial charge >= 0.3 is 17.9 Å². The van der Waals surface area contributed by atoms with E-state index in [0.29, 0.717) is 0 Å². The molecule has 51 heavy (non-hydrogen) atoms. The number of aromatic hydroxyl groups is 2. The van der Waals surface area contributed by atoms with E-state index in [1.165, 1.54) is 48.5 Å². The summed E-state index contributed by atoms with van der Waals surface area (Å²) in [5.41, 5.74) is 6.56. The van der Waals surface area contributed by atoms with Crippen molar-refractivity contribution < 1.29 is 54.3 Å². The van der Waals surface area contributed by atoms with Gasteiger partial charge in [-0.3, -0.25) is 34.6 Å². The van der Waals surface area contributed by atoms with E-state index in [2.05, 4.69) is 26.6 Å². The SMILES string of the molecule is CC1(C)SC(C(NC(=O)C(NC(=O)C(NC(=O)C(N)c2ccc(O)cc2)C2NC(C(=O)O)C(C)(C)S2)c2ccc(O)cc2)C(=O)O)NC1C(=O)O. The number of benzene rings is 2. The molecular formula is C32H40N6O11S2. The van der Waals surface area contributed by atoms with Crippen LogP contribution in [0.2, 0.25) is 0 Å². The van der Waals surface area contributed by atoms with E-state index in [-0.39, 0.29) is 22.6 Å². The molecule has 2 aromatic carbocycles. The number of phenolic OH excluding ortho intramolecular Hbond substituents is 2. The molecular weight excluding hydrogens is 709 g/mol. The molecule has 19 heteroatoms. The largest absolute Gasteiger partial charge is 0.508 e. The maximum atomic E-state index is 14.2. The quantitative estimate of drug-likeness (QED) is 0.126. The number of phenols is 2. The van der Waals surface area contributed by atoms with Crippen molar-refractivity contribution in [2.75, 3.05) is 0 Å². The predicted molar refractivity (Wildman–Crippen MR) is 186 cm³/mol. The van der Waals surface area contributed by atoms with Crippen LogP contribution in [0.25, 0.3) is 0 Å². The average Bonchev–Trinajstić information content (AvgIpc) is 3.55. The van der Waals surface area contributed by atoms with Crippen molar-refractivity contribution in [2.45, 2.75) is 84.2 Å². The van der Waals surface area contributed by atoms with E-state index < -0.39 is 92.1 Å². The molecule has 17 nitrogen and oxygen atoms in total. The third-order valence-electron chi connectivity index (χ3n) is 8.47. The van der Waals surface area contributed by atoms with Crippen LogP contribution in [0.3, 0.4) is 0 Å². The summed E-state index contributed by atoms with van der Waals surface area (Å²) in [5.74, 6) is -7.03. The molecule has 4 rings (SSSR count). The summed E-state index contributed by atoms with van der Waals surface area (Å²) in [6.45, 7) is 6.48. The Kier molecular flexibility index (Phi) is 11.8. The summed E-state index contributed by atoms with van der Waals surface area (Å²) < 4.78 is -1.94. The number of aliphatic carboxylic acids is 3. The minimum Gasteiger partial charge on any atom is -0.508 e. The molecule has 8 atom stereocenters. The molecule has 276 valence electrons. The molecule has 2 saturated heterocycles. The summed E-state index contributed by atoms with van der Waals surface area (Å²) in [6, 6.07) is 2.02. The van der Waals surface area contributed by atoms with Gasteiger partial charge in [0, 0.05) is 9.49 Å². The number of carboxylic acids is 3.